The monoisotopic (exact) mass is 456 g/mol. The van der Waals surface area contributed by atoms with Gasteiger partial charge in [0.1, 0.15) is 0 Å². The van der Waals surface area contributed by atoms with Gasteiger partial charge in [-0.25, -0.2) is 0 Å². The van der Waals surface area contributed by atoms with E-state index in [2.05, 4.69) is 24.5 Å². The first-order valence-corrected chi connectivity index (χ1v) is 14.8. The summed E-state index contributed by atoms with van der Waals surface area (Å²) in [6.07, 6.45) is 2.07. The van der Waals surface area contributed by atoms with Crippen LogP contribution in [0.3, 0.4) is 0 Å². The summed E-state index contributed by atoms with van der Waals surface area (Å²) in [6, 6.07) is 1.76. The van der Waals surface area contributed by atoms with E-state index in [0.29, 0.717) is 19.8 Å². The highest BCUT2D eigenvalue weighted by atomic mass is 28.4. The zero-order chi connectivity index (χ0) is 22.4. The highest BCUT2D eigenvalue weighted by Crippen LogP contribution is 2.17. The first-order valence-electron chi connectivity index (χ1n) is 11.0. The van der Waals surface area contributed by atoms with E-state index in [0.717, 1.165) is 51.1 Å². The van der Waals surface area contributed by atoms with Crippen LogP contribution in [0.1, 0.15) is 47.5 Å². The van der Waals surface area contributed by atoms with Crippen LogP contribution in [0, 0.1) is 0 Å². The van der Waals surface area contributed by atoms with Gasteiger partial charge in [0.25, 0.3) is 0 Å². The van der Waals surface area contributed by atoms with Crippen molar-refractivity contribution < 1.29 is 26.6 Å². The molecule has 0 aliphatic heterocycles. The van der Waals surface area contributed by atoms with Gasteiger partial charge in [0, 0.05) is 53.2 Å². The molecular formula is C19H48N2O6Si2. The smallest absolute Gasteiger partial charge is 0.377 e. The first kappa shape index (κ1) is 31.3. The Hall–Kier alpha value is 0.114. The van der Waals surface area contributed by atoms with E-state index in [1.807, 2.05) is 20.8 Å². The Morgan fingerprint density at radius 2 is 0.897 bits per heavy atom. The van der Waals surface area contributed by atoms with Crippen LogP contribution in [0.25, 0.3) is 0 Å². The minimum atomic E-state index is -2.39. The number of hydrogen-bond acceptors (Lipinski definition) is 8. The highest BCUT2D eigenvalue weighted by Gasteiger charge is 2.39. The molecule has 0 atom stereocenters. The third kappa shape index (κ3) is 15.5. The minimum Gasteiger partial charge on any atom is -0.377 e. The molecule has 0 amide bonds. The molecule has 0 unspecified atom stereocenters. The fourth-order valence-corrected chi connectivity index (χ4v) is 7.11. The largest absolute Gasteiger partial charge is 0.500 e. The van der Waals surface area contributed by atoms with Crippen molar-refractivity contribution >= 4 is 17.6 Å². The van der Waals surface area contributed by atoms with E-state index in [-0.39, 0.29) is 0 Å². The maximum Gasteiger partial charge on any atom is 0.500 e. The summed E-state index contributed by atoms with van der Waals surface area (Å²) in [4.78, 5) is 0. The number of rotatable bonds is 19. The summed E-state index contributed by atoms with van der Waals surface area (Å²) in [5.41, 5.74) is 0. The van der Waals surface area contributed by atoms with Gasteiger partial charge in [-0.15, -0.1) is 0 Å². The maximum atomic E-state index is 5.76. The standard InChI is InChI=1S/C11H27NO3Si.C8H21NO3Si/c1-5-12-10-9-11-16(13-6-2,14-7-3)15-8-4;1-5-9-7-6-8-13(10-2,11-3)12-4/h12H,5-11H2,1-4H3;9H,5-8H2,1-4H3. The SMILES string of the molecule is CCNCCC[Si](OC)(OC)OC.CCNCCC[Si](OCC)(OCC)OCC. The predicted octanol–water partition coefficient (Wildman–Crippen LogP) is 2.90. The number of hydrogen-bond donors (Lipinski definition) is 2. The molecule has 0 radical (unpaired) electrons. The quantitative estimate of drug-likeness (QED) is 0.227. The second kappa shape index (κ2) is 21.3. The molecule has 0 rings (SSSR count). The van der Waals surface area contributed by atoms with Crippen LogP contribution in [0.4, 0.5) is 0 Å². The molecule has 0 aliphatic rings. The molecular weight excluding hydrogens is 408 g/mol. The second-order valence-electron chi connectivity index (χ2n) is 6.19. The van der Waals surface area contributed by atoms with Crippen molar-refractivity contribution in [3.63, 3.8) is 0 Å². The third-order valence-corrected chi connectivity index (χ3v) is 10.2. The Morgan fingerprint density at radius 1 is 0.552 bits per heavy atom. The van der Waals surface area contributed by atoms with Gasteiger partial charge in [-0.05, 0) is 59.8 Å². The molecule has 0 fully saturated rings. The molecule has 10 heteroatoms. The molecule has 0 aliphatic carbocycles. The summed E-state index contributed by atoms with van der Waals surface area (Å²) in [6.45, 7) is 16.1. The van der Waals surface area contributed by atoms with Gasteiger partial charge in [-0.2, -0.15) is 0 Å². The van der Waals surface area contributed by atoms with Crippen LogP contribution in [-0.4, -0.2) is 84.9 Å². The van der Waals surface area contributed by atoms with Crippen molar-refractivity contribution in [2.45, 2.75) is 59.5 Å². The molecule has 0 aromatic heterocycles. The van der Waals surface area contributed by atoms with Crippen LogP contribution in [0.2, 0.25) is 12.1 Å². The first-order chi connectivity index (χ1) is 14.0. The van der Waals surface area contributed by atoms with Crippen molar-refractivity contribution in [1.82, 2.24) is 10.6 Å². The normalized spacial score (nSPS) is 12.0. The maximum absolute atomic E-state index is 5.76. The molecule has 29 heavy (non-hydrogen) atoms. The lowest BCUT2D eigenvalue weighted by atomic mass is 10.5. The van der Waals surface area contributed by atoms with Crippen LogP contribution in [0.5, 0.6) is 0 Å². The summed E-state index contributed by atoms with van der Waals surface area (Å²) in [7, 11) is 0.243. The Kier molecular flexibility index (Phi) is 23.0. The minimum absolute atomic E-state index is 0.660. The van der Waals surface area contributed by atoms with E-state index in [1.54, 1.807) is 21.3 Å². The van der Waals surface area contributed by atoms with Crippen LogP contribution < -0.4 is 10.6 Å². The van der Waals surface area contributed by atoms with Gasteiger partial charge < -0.3 is 37.2 Å². The van der Waals surface area contributed by atoms with Crippen LogP contribution in [-0.2, 0) is 26.6 Å². The van der Waals surface area contributed by atoms with E-state index in [4.69, 9.17) is 26.6 Å². The fraction of sp³-hybridized carbons (Fsp3) is 1.00. The van der Waals surface area contributed by atoms with Crippen molar-refractivity contribution in [2.24, 2.45) is 0 Å². The fourth-order valence-electron chi connectivity index (χ4n) is 2.77. The van der Waals surface area contributed by atoms with Gasteiger partial charge in [0.15, 0.2) is 0 Å². The van der Waals surface area contributed by atoms with Gasteiger partial charge in [-0.1, -0.05) is 13.8 Å². The summed E-state index contributed by atoms with van der Waals surface area (Å²) < 4.78 is 33.1. The Bertz CT molecular complexity index is 315. The molecule has 178 valence electrons. The third-order valence-electron chi connectivity index (χ3n) is 4.20. The topological polar surface area (TPSA) is 79.4 Å². The lowest BCUT2D eigenvalue weighted by Gasteiger charge is -2.28. The van der Waals surface area contributed by atoms with Gasteiger partial charge in [-0.3, -0.25) is 0 Å². The van der Waals surface area contributed by atoms with Gasteiger partial charge in [0.05, 0.1) is 0 Å². The Balaban J connectivity index is 0. The molecule has 0 bridgehead atoms. The Morgan fingerprint density at radius 3 is 1.17 bits per heavy atom. The molecule has 0 aromatic rings. The number of nitrogens with one attached hydrogen (secondary N) is 2. The zero-order valence-electron chi connectivity index (χ0n) is 20.2. The van der Waals surface area contributed by atoms with E-state index < -0.39 is 17.6 Å². The van der Waals surface area contributed by atoms with Crippen molar-refractivity contribution in [3.05, 3.63) is 0 Å². The zero-order valence-corrected chi connectivity index (χ0v) is 22.2. The van der Waals surface area contributed by atoms with E-state index in [9.17, 15) is 0 Å². The molecule has 0 heterocycles. The average Bonchev–Trinajstić information content (AvgIpc) is 2.73. The van der Waals surface area contributed by atoms with E-state index in [1.165, 1.54) is 0 Å². The molecule has 8 nitrogen and oxygen atoms in total. The lowest BCUT2D eigenvalue weighted by molar-refractivity contribution is 0.0708. The molecule has 0 aromatic carbocycles. The van der Waals surface area contributed by atoms with Crippen LogP contribution in [0.15, 0.2) is 0 Å². The van der Waals surface area contributed by atoms with Crippen LogP contribution >= 0.6 is 0 Å². The second-order valence-corrected chi connectivity index (χ2v) is 12.0. The van der Waals surface area contributed by atoms with E-state index >= 15 is 0 Å². The van der Waals surface area contributed by atoms with Crippen molar-refractivity contribution in [2.75, 3.05) is 67.3 Å². The molecule has 0 saturated carbocycles. The Labute approximate surface area is 182 Å². The highest BCUT2D eigenvalue weighted by molar-refractivity contribution is 6.61. The lowest BCUT2D eigenvalue weighted by Crippen LogP contribution is -2.46. The van der Waals surface area contributed by atoms with Gasteiger partial charge >= 0.3 is 17.6 Å². The summed E-state index contributed by atoms with van der Waals surface area (Å²) in [5, 5.41) is 6.55. The molecule has 2 N–H and O–H groups in total. The average molecular weight is 457 g/mol. The molecule has 0 saturated heterocycles. The summed E-state index contributed by atoms with van der Waals surface area (Å²) in [5.74, 6) is 0. The van der Waals surface area contributed by atoms with Crippen molar-refractivity contribution in [1.29, 1.82) is 0 Å². The molecule has 0 spiro atoms. The van der Waals surface area contributed by atoms with Gasteiger partial charge in [0.2, 0.25) is 0 Å². The van der Waals surface area contributed by atoms with Crippen molar-refractivity contribution in [3.8, 4) is 0 Å². The predicted molar refractivity (Wildman–Crippen MR) is 123 cm³/mol. The summed E-state index contributed by atoms with van der Waals surface area (Å²) >= 11 is 0.